The number of aliphatic carboxylic acids is 1. The van der Waals surface area contributed by atoms with Crippen LogP contribution in [0.5, 0.6) is 0 Å². The Bertz CT molecular complexity index is 165. The summed E-state index contributed by atoms with van der Waals surface area (Å²) >= 11 is 0. The van der Waals surface area contributed by atoms with Crippen molar-refractivity contribution in [3.05, 3.63) is 0 Å². The van der Waals surface area contributed by atoms with E-state index >= 15 is 0 Å². The summed E-state index contributed by atoms with van der Waals surface area (Å²) in [6.07, 6.45) is 5.18. The topological polar surface area (TPSA) is 49.8 Å². The van der Waals surface area contributed by atoms with Gasteiger partial charge in [0.05, 0.1) is 6.61 Å². The average Bonchev–Trinajstić information content (AvgIpc) is 2.40. The van der Waals surface area contributed by atoms with Gasteiger partial charge in [-0.3, -0.25) is 0 Å². The Balaban J connectivity index is 2.01. The number of rotatable bonds is 5. The summed E-state index contributed by atoms with van der Waals surface area (Å²) in [7, 11) is 0. The first kappa shape index (κ1) is 11.5. The van der Waals surface area contributed by atoms with Gasteiger partial charge < -0.3 is 14.7 Å². The minimum Gasteiger partial charge on any atom is -0.480 e. The third-order valence-corrected chi connectivity index (χ3v) is 2.48. The molecule has 0 atom stereocenters. The highest BCUT2D eigenvalue weighted by Crippen LogP contribution is 2.08. The predicted molar refractivity (Wildman–Crippen MR) is 53.4 cm³/mol. The summed E-state index contributed by atoms with van der Waals surface area (Å²) < 4.78 is 5.00. The Kier molecular flexibility index (Phi) is 5.56. The summed E-state index contributed by atoms with van der Waals surface area (Å²) in [5.41, 5.74) is 0. The van der Waals surface area contributed by atoms with E-state index in [-0.39, 0.29) is 6.61 Å². The number of carboxylic acid groups (broad SMARTS) is 1. The molecule has 4 nitrogen and oxygen atoms in total. The minimum absolute atomic E-state index is 0.173. The van der Waals surface area contributed by atoms with Gasteiger partial charge in [-0.15, -0.1) is 0 Å². The SMILES string of the molecule is O=C(O)COCCN1CCCCCC1. The first-order valence-electron chi connectivity index (χ1n) is 5.31. The molecule has 1 aliphatic heterocycles. The van der Waals surface area contributed by atoms with E-state index in [1.54, 1.807) is 0 Å². The maximum Gasteiger partial charge on any atom is 0.329 e. The molecule has 1 heterocycles. The average molecular weight is 201 g/mol. The number of carbonyl (C=O) groups is 1. The minimum atomic E-state index is -0.888. The van der Waals surface area contributed by atoms with Crippen LogP contribution in [0.3, 0.4) is 0 Å². The molecule has 0 unspecified atom stereocenters. The van der Waals surface area contributed by atoms with E-state index in [0.717, 1.165) is 19.6 Å². The van der Waals surface area contributed by atoms with Gasteiger partial charge >= 0.3 is 5.97 Å². The van der Waals surface area contributed by atoms with Gasteiger partial charge in [-0.1, -0.05) is 12.8 Å². The Morgan fingerprint density at radius 3 is 2.43 bits per heavy atom. The highest BCUT2D eigenvalue weighted by atomic mass is 16.5. The fourth-order valence-electron chi connectivity index (χ4n) is 1.71. The van der Waals surface area contributed by atoms with Crippen molar-refractivity contribution in [2.24, 2.45) is 0 Å². The second-order valence-electron chi connectivity index (χ2n) is 3.70. The van der Waals surface area contributed by atoms with Gasteiger partial charge in [0.25, 0.3) is 0 Å². The summed E-state index contributed by atoms with van der Waals surface area (Å²) in [6.45, 7) is 3.50. The highest BCUT2D eigenvalue weighted by Gasteiger charge is 2.08. The number of hydrogen-bond donors (Lipinski definition) is 1. The van der Waals surface area contributed by atoms with Crippen LogP contribution in [0.25, 0.3) is 0 Å². The number of ether oxygens (including phenoxy) is 1. The molecule has 0 spiro atoms. The molecule has 0 saturated carbocycles. The third-order valence-electron chi connectivity index (χ3n) is 2.48. The molecule has 0 aliphatic carbocycles. The molecule has 0 bridgehead atoms. The van der Waals surface area contributed by atoms with E-state index in [4.69, 9.17) is 9.84 Å². The van der Waals surface area contributed by atoms with Crippen molar-refractivity contribution < 1.29 is 14.6 Å². The van der Waals surface area contributed by atoms with Gasteiger partial charge in [0.2, 0.25) is 0 Å². The zero-order valence-electron chi connectivity index (χ0n) is 8.57. The van der Waals surface area contributed by atoms with Crippen LogP contribution in [-0.2, 0) is 9.53 Å². The molecule has 0 amide bonds. The first-order valence-corrected chi connectivity index (χ1v) is 5.31. The molecule has 82 valence electrons. The lowest BCUT2D eigenvalue weighted by Crippen LogP contribution is -2.29. The van der Waals surface area contributed by atoms with Crippen molar-refractivity contribution in [2.45, 2.75) is 25.7 Å². The normalized spacial score (nSPS) is 19.1. The summed E-state index contributed by atoms with van der Waals surface area (Å²) in [4.78, 5) is 12.5. The van der Waals surface area contributed by atoms with E-state index in [1.807, 2.05) is 0 Å². The highest BCUT2D eigenvalue weighted by molar-refractivity contribution is 5.67. The first-order chi connectivity index (χ1) is 6.79. The smallest absolute Gasteiger partial charge is 0.329 e. The van der Waals surface area contributed by atoms with Crippen LogP contribution in [0, 0.1) is 0 Å². The van der Waals surface area contributed by atoms with E-state index in [1.165, 1.54) is 25.7 Å². The zero-order valence-corrected chi connectivity index (χ0v) is 8.57. The summed E-state index contributed by atoms with van der Waals surface area (Å²) in [5.74, 6) is -0.888. The molecular formula is C10H19NO3. The van der Waals surface area contributed by atoms with Crippen molar-refractivity contribution in [2.75, 3.05) is 32.8 Å². The molecular weight excluding hydrogens is 182 g/mol. The second-order valence-corrected chi connectivity index (χ2v) is 3.70. The van der Waals surface area contributed by atoms with E-state index < -0.39 is 5.97 Å². The number of carboxylic acids is 1. The van der Waals surface area contributed by atoms with Gasteiger partial charge in [-0.25, -0.2) is 4.79 Å². The Labute approximate surface area is 84.8 Å². The Morgan fingerprint density at radius 2 is 1.86 bits per heavy atom. The fraction of sp³-hybridized carbons (Fsp3) is 0.900. The van der Waals surface area contributed by atoms with Crippen LogP contribution in [0.2, 0.25) is 0 Å². The predicted octanol–water partition coefficient (Wildman–Crippen LogP) is 0.964. The second kappa shape index (κ2) is 6.79. The van der Waals surface area contributed by atoms with Gasteiger partial charge in [0.15, 0.2) is 0 Å². The molecule has 0 aromatic rings. The maximum absolute atomic E-state index is 10.2. The van der Waals surface area contributed by atoms with Crippen LogP contribution in [0.15, 0.2) is 0 Å². The number of likely N-dealkylation sites (tertiary alicyclic amines) is 1. The lowest BCUT2D eigenvalue weighted by atomic mass is 10.2. The van der Waals surface area contributed by atoms with E-state index in [0.29, 0.717) is 6.61 Å². The quantitative estimate of drug-likeness (QED) is 0.673. The summed E-state index contributed by atoms with van der Waals surface area (Å²) in [6, 6.07) is 0. The maximum atomic E-state index is 10.2. The van der Waals surface area contributed by atoms with Crippen LogP contribution in [-0.4, -0.2) is 48.8 Å². The lowest BCUT2D eigenvalue weighted by Gasteiger charge is -2.18. The van der Waals surface area contributed by atoms with Gasteiger partial charge in [-0.05, 0) is 25.9 Å². The molecule has 0 aromatic heterocycles. The van der Waals surface area contributed by atoms with E-state index in [9.17, 15) is 4.79 Å². The molecule has 1 rings (SSSR count). The third kappa shape index (κ3) is 5.19. The lowest BCUT2D eigenvalue weighted by molar-refractivity contribution is -0.142. The molecule has 1 saturated heterocycles. The van der Waals surface area contributed by atoms with Crippen molar-refractivity contribution in [1.82, 2.24) is 4.90 Å². The molecule has 14 heavy (non-hydrogen) atoms. The molecule has 0 radical (unpaired) electrons. The van der Waals surface area contributed by atoms with Crippen molar-refractivity contribution >= 4 is 5.97 Å². The number of hydrogen-bond acceptors (Lipinski definition) is 3. The Hall–Kier alpha value is -0.610. The van der Waals surface area contributed by atoms with E-state index in [2.05, 4.69) is 4.90 Å². The van der Waals surface area contributed by atoms with Crippen molar-refractivity contribution in [3.8, 4) is 0 Å². The molecule has 1 N–H and O–H groups in total. The van der Waals surface area contributed by atoms with Crippen molar-refractivity contribution in [3.63, 3.8) is 0 Å². The van der Waals surface area contributed by atoms with Gasteiger partial charge in [-0.2, -0.15) is 0 Å². The van der Waals surface area contributed by atoms with Gasteiger partial charge in [0, 0.05) is 6.54 Å². The molecule has 0 aromatic carbocycles. The Morgan fingerprint density at radius 1 is 1.21 bits per heavy atom. The molecule has 1 fully saturated rings. The number of nitrogens with zero attached hydrogens (tertiary/aromatic N) is 1. The van der Waals surface area contributed by atoms with Crippen LogP contribution < -0.4 is 0 Å². The van der Waals surface area contributed by atoms with Crippen molar-refractivity contribution in [1.29, 1.82) is 0 Å². The fourth-order valence-corrected chi connectivity index (χ4v) is 1.71. The van der Waals surface area contributed by atoms with Gasteiger partial charge in [0.1, 0.15) is 6.61 Å². The zero-order chi connectivity index (χ0) is 10.2. The summed E-state index contributed by atoms with van der Waals surface area (Å²) in [5, 5.41) is 8.36. The molecule has 4 heteroatoms. The van der Waals surface area contributed by atoms with Crippen LogP contribution in [0.4, 0.5) is 0 Å². The molecule has 1 aliphatic rings. The monoisotopic (exact) mass is 201 g/mol. The standard InChI is InChI=1S/C10H19NO3/c12-10(13)9-14-8-7-11-5-3-1-2-4-6-11/h1-9H2,(H,12,13). The van der Waals surface area contributed by atoms with Crippen LogP contribution >= 0.6 is 0 Å². The van der Waals surface area contributed by atoms with Crippen LogP contribution in [0.1, 0.15) is 25.7 Å². The largest absolute Gasteiger partial charge is 0.480 e.